The van der Waals surface area contributed by atoms with Crippen LogP contribution in [0.4, 0.5) is 0 Å². The predicted octanol–water partition coefficient (Wildman–Crippen LogP) is 5.13. The molecule has 3 aromatic rings. The van der Waals surface area contributed by atoms with Crippen LogP contribution in [0.3, 0.4) is 0 Å². The summed E-state index contributed by atoms with van der Waals surface area (Å²) in [6, 6.07) is 13.1. The maximum Gasteiger partial charge on any atom is 0.191 e. The summed E-state index contributed by atoms with van der Waals surface area (Å²) >= 11 is 1.55. The third-order valence-corrected chi connectivity index (χ3v) is 7.16. The lowest BCUT2D eigenvalue weighted by molar-refractivity contribution is 0.102. The average molecular weight is 421 g/mol. The number of thioether (sulfide) groups is 1. The highest BCUT2D eigenvalue weighted by molar-refractivity contribution is 7.99. The summed E-state index contributed by atoms with van der Waals surface area (Å²) in [4.78, 5) is 13.0. The Balaban J connectivity index is 1.27. The maximum absolute atomic E-state index is 13.0. The number of nitrogens with zero attached hydrogens (tertiary/aromatic N) is 4. The lowest BCUT2D eigenvalue weighted by Crippen LogP contribution is -2.09. The molecule has 2 fully saturated rings. The predicted molar refractivity (Wildman–Crippen MR) is 119 cm³/mol. The second-order valence-electron chi connectivity index (χ2n) is 8.60. The summed E-state index contributed by atoms with van der Waals surface area (Å²) in [6.07, 6.45) is 5.84. The number of aromatic nitrogens is 4. The standard InChI is InChI=1S/C24H28N4OS/c1-16-14-21(17(2)27(16)13-12-18-6-4-3-5-7-18)22(29)15-30-24-26-25-23(19-8-9-19)28(24)20-10-11-20/h3-7,14,19-20H,8-13,15H2,1-2H3. The van der Waals surface area contributed by atoms with E-state index in [1.165, 1.54) is 31.2 Å². The highest BCUT2D eigenvalue weighted by Crippen LogP contribution is 2.46. The van der Waals surface area contributed by atoms with Gasteiger partial charge in [-0.15, -0.1) is 10.2 Å². The second-order valence-corrected chi connectivity index (χ2v) is 9.54. The summed E-state index contributed by atoms with van der Waals surface area (Å²) in [7, 11) is 0. The largest absolute Gasteiger partial charge is 0.348 e. The van der Waals surface area contributed by atoms with E-state index in [0.717, 1.165) is 40.9 Å². The van der Waals surface area contributed by atoms with Crippen LogP contribution in [0.25, 0.3) is 0 Å². The molecule has 156 valence electrons. The summed E-state index contributed by atoms with van der Waals surface area (Å²) in [5, 5.41) is 9.81. The van der Waals surface area contributed by atoms with E-state index in [-0.39, 0.29) is 5.78 Å². The molecule has 0 radical (unpaired) electrons. The third kappa shape index (κ3) is 3.97. The Labute approximate surface area is 181 Å². The van der Waals surface area contributed by atoms with Gasteiger partial charge in [0.05, 0.1) is 5.75 Å². The van der Waals surface area contributed by atoms with E-state index in [9.17, 15) is 4.79 Å². The fourth-order valence-electron chi connectivity index (χ4n) is 4.20. The highest BCUT2D eigenvalue weighted by atomic mass is 32.2. The first-order chi connectivity index (χ1) is 14.6. The summed E-state index contributed by atoms with van der Waals surface area (Å²) < 4.78 is 4.58. The first kappa shape index (κ1) is 19.6. The highest BCUT2D eigenvalue weighted by Gasteiger charge is 2.36. The van der Waals surface area contributed by atoms with Gasteiger partial charge in [0, 0.05) is 35.5 Å². The summed E-state index contributed by atoms with van der Waals surface area (Å²) in [6.45, 7) is 5.05. The van der Waals surface area contributed by atoms with E-state index in [2.05, 4.69) is 57.4 Å². The molecule has 0 spiro atoms. The molecule has 2 saturated carbocycles. The van der Waals surface area contributed by atoms with Crippen LogP contribution in [0.15, 0.2) is 41.6 Å². The van der Waals surface area contributed by atoms with Gasteiger partial charge < -0.3 is 9.13 Å². The molecule has 0 saturated heterocycles. The zero-order chi connectivity index (χ0) is 20.7. The van der Waals surface area contributed by atoms with Crippen molar-refractivity contribution in [2.45, 2.75) is 69.6 Å². The van der Waals surface area contributed by atoms with Gasteiger partial charge in [0.25, 0.3) is 0 Å². The number of hydrogen-bond donors (Lipinski definition) is 0. The quantitative estimate of drug-likeness (QED) is 0.356. The van der Waals surface area contributed by atoms with E-state index >= 15 is 0 Å². The first-order valence-corrected chi connectivity index (χ1v) is 11.9. The minimum atomic E-state index is 0.178. The zero-order valence-corrected chi connectivity index (χ0v) is 18.5. The molecule has 2 aliphatic carbocycles. The smallest absolute Gasteiger partial charge is 0.191 e. The van der Waals surface area contributed by atoms with Gasteiger partial charge in [0.15, 0.2) is 10.9 Å². The third-order valence-electron chi connectivity index (χ3n) is 6.22. The van der Waals surface area contributed by atoms with Crippen molar-refractivity contribution in [2.24, 2.45) is 0 Å². The molecular formula is C24H28N4OS. The van der Waals surface area contributed by atoms with Gasteiger partial charge >= 0.3 is 0 Å². The number of carbonyl (C=O) groups excluding carboxylic acids is 1. The van der Waals surface area contributed by atoms with Gasteiger partial charge in [-0.05, 0) is 57.6 Å². The molecule has 0 amide bonds. The van der Waals surface area contributed by atoms with Crippen molar-refractivity contribution in [2.75, 3.05) is 5.75 Å². The van der Waals surface area contributed by atoms with Crippen molar-refractivity contribution < 1.29 is 4.79 Å². The fourth-order valence-corrected chi connectivity index (χ4v) is 5.10. The molecule has 5 nitrogen and oxygen atoms in total. The number of aryl methyl sites for hydroxylation is 2. The number of rotatable bonds is 9. The van der Waals surface area contributed by atoms with E-state index < -0.39 is 0 Å². The number of ketones is 1. The van der Waals surface area contributed by atoms with Gasteiger partial charge in [-0.2, -0.15) is 0 Å². The summed E-state index contributed by atoms with van der Waals surface area (Å²) in [5.41, 5.74) is 4.37. The van der Waals surface area contributed by atoms with Gasteiger partial charge in [0.1, 0.15) is 5.82 Å². The van der Waals surface area contributed by atoms with Crippen LogP contribution in [0.1, 0.15) is 70.8 Å². The van der Waals surface area contributed by atoms with Crippen LogP contribution in [0.2, 0.25) is 0 Å². The number of hydrogen-bond acceptors (Lipinski definition) is 4. The Morgan fingerprint density at radius 1 is 1.10 bits per heavy atom. The van der Waals surface area contributed by atoms with Crippen LogP contribution >= 0.6 is 11.8 Å². The van der Waals surface area contributed by atoms with Crippen molar-refractivity contribution in [1.82, 2.24) is 19.3 Å². The van der Waals surface area contributed by atoms with Gasteiger partial charge in [-0.1, -0.05) is 42.1 Å². The van der Waals surface area contributed by atoms with Crippen molar-refractivity contribution in [3.63, 3.8) is 0 Å². The molecule has 2 aliphatic rings. The topological polar surface area (TPSA) is 52.7 Å². The molecule has 0 aliphatic heterocycles. The monoisotopic (exact) mass is 420 g/mol. The molecule has 0 bridgehead atoms. The van der Waals surface area contributed by atoms with E-state index in [1.807, 2.05) is 12.1 Å². The van der Waals surface area contributed by atoms with E-state index in [4.69, 9.17) is 0 Å². The normalized spacial score (nSPS) is 16.2. The van der Waals surface area contributed by atoms with Crippen LogP contribution in [-0.2, 0) is 13.0 Å². The molecule has 2 heterocycles. The number of Topliss-reactive ketones (excluding diaryl/α,β-unsaturated/α-hetero) is 1. The Morgan fingerprint density at radius 2 is 1.87 bits per heavy atom. The number of carbonyl (C=O) groups is 1. The Bertz CT molecular complexity index is 1060. The summed E-state index contributed by atoms with van der Waals surface area (Å²) in [5.74, 6) is 2.33. The average Bonchev–Trinajstić information content (AvgIpc) is 3.69. The van der Waals surface area contributed by atoms with Crippen LogP contribution in [-0.4, -0.2) is 30.9 Å². The van der Waals surface area contributed by atoms with Gasteiger partial charge in [-0.25, -0.2) is 0 Å². The Hall–Kier alpha value is -2.34. The van der Waals surface area contributed by atoms with E-state index in [1.54, 1.807) is 11.8 Å². The lowest BCUT2D eigenvalue weighted by atomic mass is 10.1. The zero-order valence-electron chi connectivity index (χ0n) is 17.7. The van der Waals surface area contributed by atoms with Gasteiger partial charge in [0.2, 0.25) is 0 Å². The van der Waals surface area contributed by atoms with Gasteiger partial charge in [-0.3, -0.25) is 4.79 Å². The molecule has 1 aromatic carbocycles. The molecule has 0 atom stereocenters. The molecule has 30 heavy (non-hydrogen) atoms. The minimum Gasteiger partial charge on any atom is -0.348 e. The van der Waals surface area contributed by atoms with Crippen molar-refractivity contribution in [3.8, 4) is 0 Å². The van der Waals surface area contributed by atoms with Crippen molar-refractivity contribution >= 4 is 17.5 Å². The molecular weight excluding hydrogens is 392 g/mol. The van der Waals surface area contributed by atoms with Crippen molar-refractivity contribution in [1.29, 1.82) is 0 Å². The Morgan fingerprint density at radius 3 is 2.57 bits per heavy atom. The fraction of sp³-hybridized carbons (Fsp3) is 0.458. The maximum atomic E-state index is 13.0. The first-order valence-electron chi connectivity index (χ1n) is 10.9. The lowest BCUT2D eigenvalue weighted by Gasteiger charge is -2.10. The molecule has 0 unspecified atom stereocenters. The molecule has 5 rings (SSSR count). The molecule has 2 aromatic heterocycles. The van der Waals surface area contributed by atoms with Crippen LogP contribution < -0.4 is 0 Å². The molecule has 0 N–H and O–H groups in total. The van der Waals surface area contributed by atoms with Crippen LogP contribution in [0.5, 0.6) is 0 Å². The minimum absolute atomic E-state index is 0.178. The second kappa shape index (κ2) is 8.06. The van der Waals surface area contributed by atoms with Crippen LogP contribution in [0, 0.1) is 13.8 Å². The van der Waals surface area contributed by atoms with Crippen molar-refractivity contribution in [3.05, 3.63) is 64.7 Å². The Kier molecular flexibility index (Phi) is 5.27. The number of benzene rings is 1. The SMILES string of the molecule is Cc1cc(C(=O)CSc2nnc(C3CC3)n2C2CC2)c(C)n1CCc1ccccc1. The van der Waals surface area contributed by atoms with E-state index in [0.29, 0.717) is 17.7 Å². The molecule has 6 heteroatoms.